The highest BCUT2D eigenvalue weighted by atomic mass is 32.2. The fourth-order valence-corrected chi connectivity index (χ4v) is 0.539. The first-order chi connectivity index (χ1) is 5.15. The normalized spacial score (nSPS) is 11.6. The molecule has 1 unspecified atom stereocenters. The van der Waals surface area contributed by atoms with Crippen molar-refractivity contribution < 1.29 is 18.4 Å². The van der Waals surface area contributed by atoms with Crippen molar-refractivity contribution in [1.29, 1.82) is 0 Å². The van der Waals surface area contributed by atoms with Gasteiger partial charge in [-0.3, -0.25) is 0 Å². The van der Waals surface area contributed by atoms with E-state index in [-0.39, 0.29) is 0 Å². The van der Waals surface area contributed by atoms with E-state index in [1.165, 1.54) is 19.3 Å². The lowest BCUT2D eigenvalue weighted by atomic mass is 10.2. The maximum absolute atomic E-state index is 8.56. The van der Waals surface area contributed by atoms with Gasteiger partial charge in [-0.1, -0.05) is 26.2 Å². The highest BCUT2D eigenvalue weighted by Gasteiger charge is 1.80. The van der Waals surface area contributed by atoms with E-state index in [1.54, 1.807) is 0 Å². The summed E-state index contributed by atoms with van der Waals surface area (Å²) in [6, 6.07) is 0. The van der Waals surface area contributed by atoms with Crippen molar-refractivity contribution in [3.63, 3.8) is 0 Å². The lowest BCUT2D eigenvalue weighted by Crippen LogP contribution is -1.80. The van der Waals surface area contributed by atoms with Crippen LogP contribution in [-0.2, 0) is 11.4 Å². The molecule has 0 aromatic rings. The molecule has 0 fully saturated rings. The molecule has 0 radical (unpaired) electrons. The molecule has 0 aromatic heterocycles. The number of unbranched alkanes of at least 4 members (excludes halogenated alkanes) is 3. The van der Waals surface area contributed by atoms with Crippen LogP contribution in [0.1, 0.15) is 32.6 Å². The molecule has 2 N–H and O–H groups in total. The first-order valence-corrected chi connectivity index (χ1v) is 4.57. The Hall–Kier alpha value is 0.0300. The van der Waals surface area contributed by atoms with Gasteiger partial charge in [0.2, 0.25) is 0 Å². The van der Waals surface area contributed by atoms with Crippen molar-refractivity contribution >= 4 is 11.4 Å². The van der Waals surface area contributed by atoms with Crippen molar-refractivity contribution in [3.8, 4) is 0 Å². The molecule has 0 heterocycles. The molecule has 0 saturated heterocycles. The van der Waals surface area contributed by atoms with E-state index in [4.69, 9.17) is 18.4 Å². The van der Waals surface area contributed by atoms with E-state index in [1.807, 2.05) is 0 Å². The van der Waals surface area contributed by atoms with Crippen LogP contribution in [0.15, 0.2) is 0 Å². The van der Waals surface area contributed by atoms with Crippen molar-refractivity contribution in [3.05, 3.63) is 0 Å². The van der Waals surface area contributed by atoms with Crippen LogP contribution in [0.4, 0.5) is 0 Å². The van der Waals surface area contributed by atoms with Gasteiger partial charge in [0, 0.05) is 6.61 Å². The molecule has 11 heavy (non-hydrogen) atoms. The van der Waals surface area contributed by atoms with Gasteiger partial charge < -0.3 is 14.2 Å². The summed E-state index contributed by atoms with van der Waals surface area (Å²) >= 11 is -2.86. The van der Waals surface area contributed by atoms with Crippen LogP contribution in [0.5, 0.6) is 0 Å². The standard InChI is InChI=1S/C6H14O.H2O3S/c1-2-3-4-5-6-7;1-4(2)3/h7H,2-6H2,1H3;(H2,1,2,3)/p-1. The molecule has 0 rings (SSSR count). The summed E-state index contributed by atoms with van der Waals surface area (Å²) in [5.74, 6) is 0. The fourth-order valence-electron chi connectivity index (χ4n) is 0.539. The highest BCUT2D eigenvalue weighted by Crippen LogP contribution is 1.95. The molecule has 0 bridgehead atoms. The SMILES string of the molecule is CCCCCCO.O=S([O-])O. The van der Waals surface area contributed by atoms with E-state index in [0.717, 1.165) is 6.42 Å². The number of aliphatic hydroxyl groups excluding tert-OH is 1. The number of aliphatic hydroxyl groups is 1. The number of rotatable bonds is 4. The molecule has 0 aliphatic rings. The fraction of sp³-hybridized carbons (Fsp3) is 1.00. The van der Waals surface area contributed by atoms with Crippen molar-refractivity contribution in [2.75, 3.05) is 6.61 Å². The van der Waals surface area contributed by atoms with Gasteiger partial charge >= 0.3 is 0 Å². The Kier molecular flexibility index (Phi) is 15.7. The Morgan fingerprint density at radius 2 is 1.82 bits per heavy atom. The summed E-state index contributed by atoms with van der Waals surface area (Å²) in [4.78, 5) is 0. The zero-order valence-electron chi connectivity index (χ0n) is 6.65. The molecule has 0 aliphatic heterocycles. The van der Waals surface area contributed by atoms with Crippen molar-refractivity contribution in [2.24, 2.45) is 0 Å². The van der Waals surface area contributed by atoms with Gasteiger partial charge in [0.1, 0.15) is 0 Å². The topological polar surface area (TPSA) is 80.6 Å². The van der Waals surface area contributed by atoms with E-state index < -0.39 is 11.4 Å². The predicted molar refractivity (Wildman–Crippen MR) is 42.8 cm³/mol. The van der Waals surface area contributed by atoms with E-state index in [9.17, 15) is 0 Å². The summed E-state index contributed by atoms with van der Waals surface area (Å²) in [7, 11) is 0. The third-order valence-electron chi connectivity index (χ3n) is 1.01. The van der Waals surface area contributed by atoms with Gasteiger partial charge in [-0.2, -0.15) is 0 Å². The third-order valence-corrected chi connectivity index (χ3v) is 1.01. The molecular weight excluding hydrogens is 168 g/mol. The second-order valence-corrected chi connectivity index (χ2v) is 2.44. The summed E-state index contributed by atoms with van der Waals surface area (Å²) in [6.07, 6.45) is 4.68. The van der Waals surface area contributed by atoms with Gasteiger partial charge in [-0.05, 0) is 6.42 Å². The summed E-state index contributed by atoms with van der Waals surface area (Å²) in [5.41, 5.74) is 0. The maximum atomic E-state index is 8.56. The molecule has 0 amide bonds. The van der Waals surface area contributed by atoms with Crippen molar-refractivity contribution in [1.82, 2.24) is 0 Å². The second kappa shape index (κ2) is 12.7. The molecule has 70 valence electrons. The van der Waals surface area contributed by atoms with Crippen molar-refractivity contribution in [2.45, 2.75) is 32.6 Å². The van der Waals surface area contributed by atoms with Gasteiger partial charge in [0.05, 0.1) is 11.4 Å². The van der Waals surface area contributed by atoms with Crippen LogP contribution in [0.3, 0.4) is 0 Å². The molecular formula is C6H15O4S-. The zero-order chi connectivity index (χ0) is 9.11. The minimum Gasteiger partial charge on any atom is -0.750 e. The van der Waals surface area contributed by atoms with E-state index >= 15 is 0 Å². The first kappa shape index (κ1) is 13.6. The van der Waals surface area contributed by atoms with E-state index in [0.29, 0.717) is 6.61 Å². The third kappa shape index (κ3) is 39.8. The Morgan fingerprint density at radius 3 is 2.09 bits per heavy atom. The Labute approximate surface area is 69.7 Å². The van der Waals surface area contributed by atoms with Crippen LogP contribution in [-0.4, -0.2) is 25.0 Å². The van der Waals surface area contributed by atoms with Crippen LogP contribution in [0.2, 0.25) is 0 Å². The summed E-state index contributed by atoms with van der Waals surface area (Å²) in [5, 5.41) is 8.29. The minimum atomic E-state index is -2.86. The summed E-state index contributed by atoms with van der Waals surface area (Å²) < 4.78 is 24.1. The smallest absolute Gasteiger partial charge is 0.0814 e. The van der Waals surface area contributed by atoms with Gasteiger partial charge in [-0.25, -0.2) is 4.21 Å². The summed E-state index contributed by atoms with van der Waals surface area (Å²) in [6.45, 7) is 2.53. The minimum absolute atomic E-state index is 0.361. The molecule has 0 aromatic carbocycles. The zero-order valence-corrected chi connectivity index (χ0v) is 7.47. The lowest BCUT2D eigenvalue weighted by molar-refractivity contribution is 0.283. The van der Waals surface area contributed by atoms with E-state index in [2.05, 4.69) is 6.92 Å². The average molecular weight is 183 g/mol. The monoisotopic (exact) mass is 183 g/mol. The Balaban J connectivity index is 0. The highest BCUT2D eigenvalue weighted by molar-refractivity contribution is 7.73. The molecule has 4 nitrogen and oxygen atoms in total. The quantitative estimate of drug-likeness (QED) is 0.501. The molecule has 0 saturated carbocycles. The lowest BCUT2D eigenvalue weighted by Gasteiger charge is -1.90. The van der Waals surface area contributed by atoms with Crippen LogP contribution in [0, 0.1) is 0 Å². The van der Waals surface area contributed by atoms with Gasteiger partial charge in [-0.15, -0.1) is 0 Å². The molecule has 1 atom stereocenters. The molecule has 5 heteroatoms. The van der Waals surface area contributed by atoms with Crippen LogP contribution in [0.25, 0.3) is 0 Å². The van der Waals surface area contributed by atoms with Gasteiger partial charge in [0.25, 0.3) is 0 Å². The first-order valence-electron chi connectivity index (χ1n) is 3.54. The van der Waals surface area contributed by atoms with Crippen LogP contribution >= 0.6 is 0 Å². The largest absolute Gasteiger partial charge is 0.750 e. The Bertz CT molecular complexity index is 78.7. The second-order valence-electron chi connectivity index (χ2n) is 2.00. The molecule has 0 spiro atoms. The van der Waals surface area contributed by atoms with Gasteiger partial charge in [0.15, 0.2) is 0 Å². The molecule has 0 aliphatic carbocycles. The Morgan fingerprint density at radius 1 is 1.36 bits per heavy atom. The predicted octanol–water partition coefficient (Wildman–Crippen LogP) is 0.897. The number of hydrogen-bond acceptors (Lipinski definition) is 3. The average Bonchev–Trinajstić information content (AvgIpc) is 1.88. The maximum Gasteiger partial charge on any atom is 0.0814 e. The van der Waals surface area contributed by atoms with Crippen LogP contribution < -0.4 is 0 Å². The number of hydrogen-bond donors (Lipinski definition) is 2.